The summed E-state index contributed by atoms with van der Waals surface area (Å²) in [4.78, 5) is 5.10. The van der Waals surface area contributed by atoms with Crippen LogP contribution in [0.5, 0.6) is 0 Å². The SMILES string of the molecule is Cc1cccc(C)c1N1c2cc3c(cc2B2C4=C(N(c5ccccc5)c5cccc1c52)C1(C)C=CC=CC1O4)C(C)(C)CCC3(C)C. The van der Waals surface area contributed by atoms with Gasteiger partial charge in [-0.15, -0.1) is 0 Å². The van der Waals surface area contributed by atoms with Gasteiger partial charge in [-0.05, 0) is 114 Å². The van der Waals surface area contributed by atoms with E-state index in [1.54, 1.807) is 0 Å². The van der Waals surface area contributed by atoms with Gasteiger partial charge in [-0.2, -0.15) is 0 Å². The molecule has 234 valence electrons. The van der Waals surface area contributed by atoms with Gasteiger partial charge in [0.1, 0.15) is 6.10 Å². The summed E-state index contributed by atoms with van der Waals surface area (Å²) in [5.41, 5.74) is 16.7. The van der Waals surface area contributed by atoms with E-state index in [1.165, 1.54) is 74.5 Å². The molecular weight excluding hydrogens is 571 g/mol. The zero-order chi connectivity index (χ0) is 32.5. The van der Waals surface area contributed by atoms with E-state index in [2.05, 4.69) is 161 Å². The molecule has 4 aromatic carbocycles. The van der Waals surface area contributed by atoms with Crippen LogP contribution in [0.15, 0.2) is 115 Å². The Kier molecular flexibility index (Phi) is 5.85. The van der Waals surface area contributed by atoms with Crippen LogP contribution in [0.3, 0.4) is 0 Å². The lowest BCUT2D eigenvalue weighted by molar-refractivity contribution is 0.142. The third-order valence-electron chi connectivity index (χ3n) is 12.0. The molecule has 2 aliphatic carbocycles. The number of hydrogen-bond donors (Lipinski definition) is 0. The zero-order valence-electron chi connectivity index (χ0n) is 28.7. The Balaban J connectivity index is 1.42. The van der Waals surface area contributed by atoms with Crippen LogP contribution in [0.2, 0.25) is 0 Å². The molecule has 47 heavy (non-hydrogen) atoms. The maximum atomic E-state index is 7.24. The number of hydrogen-bond acceptors (Lipinski definition) is 3. The Hall–Kier alpha value is -4.44. The van der Waals surface area contributed by atoms with E-state index >= 15 is 0 Å². The van der Waals surface area contributed by atoms with Gasteiger partial charge < -0.3 is 14.5 Å². The van der Waals surface area contributed by atoms with E-state index in [0.29, 0.717) is 0 Å². The molecule has 3 nitrogen and oxygen atoms in total. The Bertz CT molecular complexity index is 2070. The summed E-state index contributed by atoms with van der Waals surface area (Å²) in [6, 6.07) is 29.7. The van der Waals surface area contributed by atoms with E-state index in [0.717, 1.165) is 11.3 Å². The Morgan fingerprint density at radius 3 is 2.04 bits per heavy atom. The van der Waals surface area contributed by atoms with Gasteiger partial charge in [0.2, 0.25) is 0 Å². The number of allylic oxidation sites excluding steroid dienone is 2. The first-order valence-corrected chi connectivity index (χ1v) is 17.3. The van der Waals surface area contributed by atoms with Crippen LogP contribution in [-0.4, -0.2) is 12.8 Å². The second-order valence-corrected chi connectivity index (χ2v) is 15.9. The average Bonchev–Trinajstić information content (AvgIpc) is 3.36. The average molecular weight is 615 g/mol. The third kappa shape index (κ3) is 3.82. The van der Waals surface area contributed by atoms with Gasteiger partial charge in [0.05, 0.1) is 22.5 Å². The number of fused-ring (bicyclic) bond motifs is 6. The molecule has 0 spiro atoms. The normalized spacial score (nSPS) is 23.9. The van der Waals surface area contributed by atoms with Gasteiger partial charge in [0.25, 0.3) is 6.71 Å². The summed E-state index contributed by atoms with van der Waals surface area (Å²) in [6.45, 7) is 16.6. The molecule has 0 fully saturated rings. The van der Waals surface area contributed by atoms with Crippen LogP contribution < -0.4 is 20.7 Å². The number of nitrogens with zero attached hydrogens (tertiary/aromatic N) is 2. The molecule has 4 aromatic rings. The molecule has 3 heterocycles. The summed E-state index contributed by atoms with van der Waals surface area (Å²) in [6.07, 6.45) is 11.3. The third-order valence-corrected chi connectivity index (χ3v) is 12.0. The first kappa shape index (κ1) is 28.8. The number of rotatable bonds is 2. The molecule has 0 saturated heterocycles. The van der Waals surface area contributed by atoms with Crippen molar-refractivity contribution in [1.82, 2.24) is 0 Å². The van der Waals surface area contributed by atoms with Crippen LogP contribution in [0.1, 0.15) is 69.7 Å². The van der Waals surface area contributed by atoms with Crippen LogP contribution in [0.25, 0.3) is 0 Å². The maximum absolute atomic E-state index is 7.24. The van der Waals surface area contributed by atoms with Crippen LogP contribution in [0, 0.1) is 19.3 Å². The van der Waals surface area contributed by atoms with Gasteiger partial charge in [-0.1, -0.05) is 94.5 Å². The highest BCUT2D eigenvalue weighted by molar-refractivity contribution is 6.94. The van der Waals surface area contributed by atoms with Crippen molar-refractivity contribution in [2.75, 3.05) is 9.80 Å². The molecule has 9 rings (SSSR count). The molecule has 0 aromatic heterocycles. The highest BCUT2D eigenvalue weighted by atomic mass is 16.5. The van der Waals surface area contributed by atoms with Crippen molar-refractivity contribution >= 4 is 46.1 Å². The van der Waals surface area contributed by atoms with E-state index in [-0.39, 0.29) is 29.1 Å². The van der Waals surface area contributed by atoms with Gasteiger partial charge in [0, 0.05) is 22.7 Å². The van der Waals surface area contributed by atoms with Crippen LogP contribution >= 0.6 is 0 Å². The monoisotopic (exact) mass is 614 g/mol. The van der Waals surface area contributed by atoms with Crippen molar-refractivity contribution < 1.29 is 4.74 Å². The second kappa shape index (κ2) is 9.56. The number of anilines is 5. The van der Waals surface area contributed by atoms with Crippen LogP contribution in [0.4, 0.5) is 28.4 Å². The molecule has 0 N–H and O–H groups in total. The lowest BCUT2D eigenvalue weighted by Gasteiger charge is -2.47. The summed E-state index contributed by atoms with van der Waals surface area (Å²) >= 11 is 0. The number of ether oxygens (including phenoxy) is 1. The van der Waals surface area contributed by atoms with Crippen molar-refractivity contribution in [3.63, 3.8) is 0 Å². The standard InChI is InChI=1S/C43H43BN2O/c1-27-15-13-16-28(2)38(27)46-34-20-14-19-33-37(34)44(32-25-30-31(26-35(32)46)42(5,6)24-23-41(30,3)4)40-39(45(33)29-17-9-8-10-18-29)43(7)22-12-11-21-36(43)47-40/h8-22,25-26,36H,23-24H2,1-7H3. The highest BCUT2D eigenvalue weighted by Crippen LogP contribution is 2.56. The second-order valence-electron chi connectivity index (χ2n) is 15.9. The molecule has 0 radical (unpaired) electrons. The molecule has 4 heteroatoms. The summed E-state index contributed by atoms with van der Waals surface area (Å²) in [5, 5.41) is 0. The number of aryl methyl sites for hydroxylation is 2. The van der Waals surface area contributed by atoms with Crippen LogP contribution in [-0.2, 0) is 15.6 Å². The summed E-state index contributed by atoms with van der Waals surface area (Å²) < 4.78 is 7.24. The molecule has 0 saturated carbocycles. The minimum absolute atomic E-state index is 0.0119. The molecule has 3 aliphatic heterocycles. The smallest absolute Gasteiger partial charge is 0.296 e. The minimum Gasteiger partial charge on any atom is -0.497 e. The number of para-hydroxylation sites is 2. The fourth-order valence-electron chi connectivity index (χ4n) is 9.30. The Morgan fingerprint density at radius 2 is 1.34 bits per heavy atom. The first-order valence-electron chi connectivity index (χ1n) is 17.3. The molecule has 0 amide bonds. The minimum atomic E-state index is -0.299. The lowest BCUT2D eigenvalue weighted by Crippen LogP contribution is -2.57. The van der Waals surface area contributed by atoms with E-state index < -0.39 is 0 Å². The van der Waals surface area contributed by atoms with Gasteiger partial charge >= 0.3 is 0 Å². The van der Waals surface area contributed by atoms with Gasteiger partial charge in [-0.25, -0.2) is 0 Å². The fraction of sp³-hybridized carbons (Fsp3) is 0.302. The van der Waals surface area contributed by atoms with Crippen molar-refractivity contribution in [2.24, 2.45) is 5.41 Å². The predicted octanol–water partition coefficient (Wildman–Crippen LogP) is 9.48. The lowest BCUT2D eigenvalue weighted by atomic mass is 9.35. The summed E-state index contributed by atoms with van der Waals surface area (Å²) in [7, 11) is 0. The molecular formula is C43H43BN2O. The van der Waals surface area contributed by atoms with E-state index in [1.807, 2.05) is 0 Å². The zero-order valence-corrected chi connectivity index (χ0v) is 28.7. The molecule has 2 unspecified atom stereocenters. The Morgan fingerprint density at radius 1 is 0.702 bits per heavy atom. The molecule has 2 atom stereocenters. The number of benzene rings is 4. The maximum Gasteiger partial charge on any atom is 0.296 e. The van der Waals surface area contributed by atoms with Crippen molar-refractivity contribution in [3.05, 3.63) is 137 Å². The largest absolute Gasteiger partial charge is 0.497 e. The quantitative estimate of drug-likeness (QED) is 0.209. The highest BCUT2D eigenvalue weighted by Gasteiger charge is 2.56. The van der Waals surface area contributed by atoms with E-state index in [9.17, 15) is 0 Å². The summed E-state index contributed by atoms with van der Waals surface area (Å²) in [5.74, 6) is 0. The predicted molar refractivity (Wildman–Crippen MR) is 198 cm³/mol. The van der Waals surface area contributed by atoms with Crippen molar-refractivity contribution in [2.45, 2.75) is 78.2 Å². The van der Waals surface area contributed by atoms with Gasteiger partial charge in [0.15, 0.2) is 0 Å². The first-order chi connectivity index (χ1) is 22.5. The van der Waals surface area contributed by atoms with Gasteiger partial charge in [-0.3, -0.25) is 0 Å². The fourth-order valence-corrected chi connectivity index (χ4v) is 9.30. The Labute approximate surface area is 280 Å². The molecule has 0 bridgehead atoms. The van der Waals surface area contributed by atoms with Crippen molar-refractivity contribution in [3.8, 4) is 0 Å². The molecule has 5 aliphatic rings. The van der Waals surface area contributed by atoms with E-state index in [4.69, 9.17) is 4.74 Å². The van der Waals surface area contributed by atoms with Crippen molar-refractivity contribution in [1.29, 1.82) is 0 Å². The topological polar surface area (TPSA) is 15.7 Å².